The standard InChI is InChI=1S/C27H35N3O/c1-4-5-6-7-8-11-17-29-24-16-10-9-15-23(24)28-27(29)22-18-25(31)30(19-22)26-20(2)13-12-14-21(26)3/h9-10,12-16,22H,4-8,11,17-19H2,1-3H3. The van der Waals surface area contributed by atoms with Gasteiger partial charge in [0.1, 0.15) is 5.82 Å². The van der Waals surface area contributed by atoms with E-state index in [-0.39, 0.29) is 11.8 Å². The molecule has 31 heavy (non-hydrogen) atoms. The molecular formula is C27H35N3O. The number of fused-ring (bicyclic) bond motifs is 1. The lowest BCUT2D eigenvalue weighted by Crippen LogP contribution is -2.26. The first-order chi connectivity index (χ1) is 15.1. The molecule has 3 aromatic rings. The van der Waals surface area contributed by atoms with Crippen molar-refractivity contribution in [3.05, 3.63) is 59.4 Å². The van der Waals surface area contributed by atoms with E-state index in [9.17, 15) is 4.79 Å². The van der Waals surface area contributed by atoms with Gasteiger partial charge < -0.3 is 9.47 Å². The Balaban J connectivity index is 1.57. The highest BCUT2D eigenvalue weighted by atomic mass is 16.2. The first kappa shape index (κ1) is 21.6. The first-order valence-electron chi connectivity index (χ1n) is 11.9. The van der Waals surface area contributed by atoms with Crippen LogP contribution in [0.4, 0.5) is 5.69 Å². The van der Waals surface area contributed by atoms with Gasteiger partial charge in [0.25, 0.3) is 0 Å². The predicted molar refractivity (Wildman–Crippen MR) is 129 cm³/mol. The lowest BCUT2D eigenvalue weighted by molar-refractivity contribution is -0.117. The number of rotatable bonds is 9. The quantitative estimate of drug-likeness (QED) is 0.371. The third kappa shape index (κ3) is 4.53. The van der Waals surface area contributed by atoms with E-state index in [0.717, 1.165) is 34.7 Å². The second kappa shape index (κ2) is 9.67. The average Bonchev–Trinajstić information content (AvgIpc) is 3.31. The highest BCUT2D eigenvalue weighted by Crippen LogP contribution is 2.36. The minimum Gasteiger partial charge on any atom is -0.328 e. The molecule has 1 atom stereocenters. The molecule has 2 heterocycles. The first-order valence-corrected chi connectivity index (χ1v) is 11.9. The molecule has 1 aliphatic heterocycles. The van der Waals surface area contributed by atoms with E-state index in [2.05, 4.69) is 67.8 Å². The Bertz CT molecular complexity index is 1030. The van der Waals surface area contributed by atoms with Gasteiger partial charge in [-0.05, 0) is 43.5 Å². The number of amides is 1. The lowest BCUT2D eigenvalue weighted by atomic mass is 10.1. The van der Waals surface area contributed by atoms with E-state index in [1.807, 2.05) is 4.90 Å². The molecular weight excluding hydrogens is 382 g/mol. The lowest BCUT2D eigenvalue weighted by Gasteiger charge is -2.21. The Kier molecular flexibility index (Phi) is 6.74. The number of aromatic nitrogens is 2. The SMILES string of the molecule is CCCCCCCCn1c(C2CC(=O)N(c3c(C)cccc3C)C2)nc2ccccc21. The second-order valence-electron chi connectivity index (χ2n) is 9.02. The molecule has 1 fully saturated rings. The second-order valence-corrected chi connectivity index (χ2v) is 9.02. The summed E-state index contributed by atoms with van der Waals surface area (Å²) >= 11 is 0. The molecule has 0 bridgehead atoms. The Labute approximate surface area is 186 Å². The van der Waals surface area contributed by atoms with E-state index in [1.165, 1.54) is 44.0 Å². The van der Waals surface area contributed by atoms with Crippen LogP contribution in [0.3, 0.4) is 0 Å². The molecule has 164 valence electrons. The third-order valence-electron chi connectivity index (χ3n) is 6.62. The molecule has 4 nitrogen and oxygen atoms in total. The molecule has 1 saturated heterocycles. The highest BCUT2D eigenvalue weighted by Gasteiger charge is 2.35. The Morgan fingerprint density at radius 1 is 0.935 bits per heavy atom. The van der Waals surface area contributed by atoms with Crippen LogP contribution in [0, 0.1) is 13.8 Å². The average molecular weight is 418 g/mol. The number of unbranched alkanes of at least 4 members (excludes halogenated alkanes) is 5. The van der Waals surface area contributed by atoms with Gasteiger partial charge in [-0.3, -0.25) is 4.79 Å². The van der Waals surface area contributed by atoms with Crippen LogP contribution in [-0.2, 0) is 11.3 Å². The molecule has 0 radical (unpaired) electrons. The zero-order valence-electron chi connectivity index (χ0n) is 19.2. The van der Waals surface area contributed by atoms with Crippen LogP contribution < -0.4 is 4.90 Å². The zero-order chi connectivity index (χ0) is 21.8. The van der Waals surface area contributed by atoms with E-state index >= 15 is 0 Å². The molecule has 2 aromatic carbocycles. The highest BCUT2D eigenvalue weighted by molar-refractivity contribution is 5.98. The molecule has 4 rings (SSSR count). The van der Waals surface area contributed by atoms with Crippen LogP contribution in [0.15, 0.2) is 42.5 Å². The third-order valence-corrected chi connectivity index (χ3v) is 6.62. The van der Waals surface area contributed by atoms with E-state index < -0.39 is 0 Å². The Morgan fingerprint density at radius 2 is 1.65 bits per heavy atom. The molecule has 0 spiro atoms. The fraction of sp³-hybridized carbons (Fsp3) is 0.481. The monoisotopic (exact) mass is 417 g/mol. The minimum atomic E-state index is 0.138. The predicted octanol–water partition coefficient (Wildman–Crippen LogP) is 6.53. The maximum atomic E-state index is 13.0. The van der Waals surface area contributed by atoms with Gasteiger partial charge in [-0.25, -0.2) is 4.98 Å². The largest absolute Gasteiger partial charge is 0.328 e. The Hall–Kier alpha value is -2.62. The van der Waals surface area contributed by atoms with Crippen molar-refractivity contribution in [1.82, 2.24) is 9.55 Å². The molecule has 0 N–H and O–H groups in total. The normalized spacial score (nSPS) is 16.5. The number of carbonyl (C=O) groups excluding carboxylic acids is 1. The molecule has 1 unspecified atom stereocenters. The fourth-order valence-corrected chi connectivity index (χ4v) is 5.02. The number of benzene rings is 2. The summed E-state index contributed by atoms with van der Waals surface area (Å²) in [6.45, 7) is 8.14. The number of hydrogen-bond acceptors (Lipinski definition) is 2. The smallest absolute Gasteiger partial charge is 0.227 e. The summed E-state index contributed by atoms with van der Waals surface area (Å²) in [6.07, 6.45) is 8.20. The van der Waals surface area contributed by atoms with Gasteiger partial charge in [0.05, 0.1) is 11.0 Å². The number of anilines is 1. The van der Waals surface area contributed by atoms with Gasteiger partial charge >= 0.3 is 0 Å². The summed E-state index contributed by atoms with van der Waals surface area (Å²) in [5, 5.41) is 0. The van der Waals surface area contributed by atoms with Crippen LogP contribution in [0.25, 0.3) is 11.0 Å². The van der Waals surface area contributed by atoms with Crippen LogP contribution in [0.5, 0.6) is 0 Å². The van der Waals surface area contributed by atoms with Crippen molar-refractivity contribution in [2.24, 2.45) is 0 Å². The molecule has 0 aliphatic carbocycles. The summed E-state index contributed by atoms with van der Waals surface area (Å²) < 4.78 is 2.39. The fourth-order valence-electron chi connectivity index (χ4n) is 5.02. The summed E-state index contributed by atoms with van der Waals surface area (Å²) in [7, 11) is 0. The van der Waals surface area contributed by atoms with Crippen molar-refractivity contribution in [2.45, 2.75) is 78.2 Å². The molecule has 1 aromatic heterocycles. The van der Waals surface area contributed by atoms with Crippen molar-refractivity contribution in [2.75, 3.05) is 11.4 Å². The van der Waals surface area contributed by atoms with Crippen molar-refractivity contribution in [1.29, 1.82) is 0 Å². The maximum Gasteiger partial charge on any atom is 0.227 e. The number of aryl methyl sites for hydroxylation is 3. The minimum absolute atomic E-state index is 0.138. The van der Waals surface area contributed by atoms with Crippen LogP contribution in [0.1, 0.15) is 74.7 Å². The zero-order valence-corrected chi connectivity index (χ0v) is 19.2. The summed E-state index contributed by atoms with van der Waals surface area (Å²) in [5.41, 5.74) is 5.64. The van der Waals surface area contributed by atoms with Crippen LogP contribution >= 0.6 is 0 Å². The van der Waals surface area contributed by atoms with Gasteiger partial charge in [-0.15, -0.1) is 0 Å². The Morgan fingerprint density at radius 3 is 2.42 bits per heavy atom. The van der Waals surface area contributed by atoms with Crippen molar-refractivity contribution in [3.8, 4) is 0 Å². The number of imidazole rings is 1. The molecule has 1 aliphatic rings. The van der Waals surface area contributed by atoms with Gasteiger partial charge in [0.15, 0.2) is 0 Å². The number of nitrogens with zero attached hydrogens (tertiary/aromatic N) is 3. The maximum absolute atomic E-state index is 13.0. The van der Waals surface area contributed by atoms with Crippen molar-refractivity contribution >= 4 is 22.6 Å². The molecule has 1 amide bonds. The van der Waals surface area contributed by atoms with E-state index in [1.54, 1.807) is 0 Å². The van der Waals surface area contributed by atoms with E-state index in [4.69, 9.17) is 4.98 Å². The van der Waals surface area contributed by atoms with Crippen LogP contribution in [-0.4, -0.2) is 22.0 Å². The van der Waals surface area contributed by atoms with Crippen molar-refractivity contribution < 1.29 is 4.79 Å². The van der Waals surface area contributed by atoms with Crippen LogP contribution in [0.2, 0.25) is 0 Å². The number of para-hydroxylation sites is 3. The summed E-state index contributed by atoms with van der Waals surface area (Å²) in [6, 6.07) is 14.7. The number of carbonyl (C=O) groups is 1. The van der Waals surface area contributed by atoms with Gasteiger partial charge in [-0.2, -0.15) is 0 Å². The van der Waals surface area contributed by atoms with E-state index in [0.29, 0.717) is 13.0 Å². The van der Waals surface area contributed by atoms with Gasteiger partial charge in [0, 0.05) is 31.1 Å². The summed E-state index contributed by atoms with van der Waals surface area (Å²) in [4.78, 5) is 20.0. The number of hydrogen-bond donors (Lipinski definition) is 0. The van der Waals surface area contributed by atoms with Gasteiger partial charge in [-0.1, -0.05) is 69.4 Å². The van der Waals surface area contributed by atoms with Crippen molar-refractivity contribution in [3.63, 3.8) is 0 Å². The topological polar surface area (TPSA) is 38.1 Å². The molecule has 0 saturated carbocycles. The summed E-state index contributed by atoms with van der Waals surface area (Å²) in [5.74, 6) is 1.43. The van der Waals surface area contributed by atoms with Gasteiger partial charge in [0.2, 0.25) is 5.91 Å². The molecule has 4 heteroatoms.